The predicted molar refractivity (Wildman–Crippen MR) is 45.4 cm³/mol. The molecule has 0 aromatic carbocycles. The molecule has 0 aliphatic heterocycles. The van der Waals surface area contributed by atoms with E-state index in [4.69, 9.17) is 0 Å². The molecule has 1 rings (SSSR count). The van der Waals surface area contributed by atoms with E-state index in [1.165, 1.54) is 0 Å². The third-order valence-corrected chi connectivity index (χ3v) is 2.18. The van der Waals surface area contributed by atoms with Crippen LogP contribution in [0.2, 0.25) is 0 Å². The van der Waals surface area contributed by atoms with Crippen LogP contribution in [0.15, 0.2) is 0 Å². The molecule has 1 aliphatic carbocycles. The van der Waals surface area contributed by atoms with Crippen molar-refractivity contribution in [3.8, 4) is 0 Å². The summed E-state index contributed by atoms with van der Waals surface area (Å²) < 4.78 is 12.8. The van der Waals surface area contributed by atoms with Crippen LogP contribution >= 0.6 is 0 Å². The molecule has 0 heterocycles. The molecule has 0 amide bonds. The molecule has 0 spiro atoms. The summed E-state index contributed by atoms with van der Waals surface area (Å²) in [6, 6.07) is 0.920. The van der Waals surface area contributed by atoms with Crippen LogP contribution in [-0.2, 0) is 0 Å². The van der Waals surface area contributed by atoms with Crippen molar-refractivity contribution < 1.29 is 4.39 Å². The van der Waals surface area contributed by atoms with Crippen molar-refractivity contribution in [1.29, 1.82) is 0 Å². The molecule has 0 aromatic heterocycles. The molecule has 1 aliphatic rings. The molecule has 2 heteroatoms. The van der Waals surface area contributed by atoms with E-state index in [-0.39, 0.29) is 0 Å². The Bertz CT molecular complexity index is 112. The number of hydrogen-bond acceptors (Lipinski definition) is 1. The van der Waals surface area contributed by atoms with Gasteiger partial charge in [0.1, 0.15) is 6.17 Å². The molecular formula is C9H18FN. The molecule has 1 saturated carbocycles. The zero-order valence-electron chi connectivity index (χ0n) is 7.44. The summed E-state index contributed by atoms with van der Waals surface area (Å²) in [7, 11) is 0. The molecule has 11 heavy (non-hydrogen) atoms. The summed E-state index contributed by atoms with van der Waals surface area (Å²) >= 11 is 0. The molecule has 1 nitrogen and oxygen atoms in total. The Hall–Kier alpha value is -0.110. The van der Waals surface area contributed by atoms with Crippen molar-refractivity contribution >= 4 is 0 Å². The van der Waals surface area contributed by atoms with Gasteiger partial charge in [0.15, 0.2) is 0 Å². The summed E-state index contributed by atoms with van der Waals surface area (Å²) in [6.07, 6.45) is 3.14. The van der Waals surface area contributed by atoms with Crippen LogP contribution in [0.4, 0.5) is 4.39 Å². The van der Waals surface area contributed by atoms with Crippen molar-refractivity contribution in [2.45, 2.75) is 57.8 Å². The monoisotopic (exact) mass is 159 g/mol. The van der Waals surface area contributed by atoms with E-state index in [0.717, 1.165) is 25.7 Å². The third kappa shape index (κ3) is 3.19. The van der Waals surface area contributed by atoms with Crippen molar-refractivity contribution in [1.82, 2.24) is 5.32 Å². The molecule has 0 radical (unpaired) electrons. The molecule has 1 N–H and O–H groups in total. The first-order chi connectivity index (χ1) is 5.18. The average Bonchev–Trinajstić information content (AvgIpc) is 1.85. The lowest BCUT2D eigenvalue weighted by atomic mass is 9.93. The lowest BCUT2D eigenvalue weighted by Crippen LogP contribution is -2.38. The topological polar surface area (TPSA) is 12.0 Å². The van der Waals surface area contributed by atoms with Crippen molar-refractivity contribution in [2.75, 3.05) is 0 Å². The fraction of sp³-hybridized carbons (Fsp3) is 1.00. The van der Waals surface area contributed by atoms with Crippen molar-refractivity contribution in [3.63, 3.8) is 0 Å². The van der Waals surface area contributed by atoms with Crippen LogP contribution in [0.5, 0.6) is 0 Å². The van der Waals surface area contributed by atoms with Gasteiger partial charge in [-0.2, -0.15) is 0 Å². The van der Waals surface area contributed by atoms with E-state index in [1.807, 2.05) is 0 Å². The van der Waals surface area contributed by atoms with Crippen LogP contribution in [0, 0.1) is 0 Å². The minimum atomic E-state index is -0.556. The number of halogens is 1. The van der Waals surface area contributed by atoms with Gasteiger partial charge in [-0.3, -0.25) is 0 Å². The lowest BCUT2D eigenvalue weighted by molar-refractivity contribution is 0.208. The van der Waals surface area contributed by atoms with Crippen LogP contribution in [0.3, 0.4) is 0 Å². The molecule has 0 saturated heterocycles. The number of hydrogen-bond donors (Lipinski definition) is 1. The number of nitrogens with one attached hydrogen (secondary N) is 1. The SMILES string of the molecule is CC(C)N[C@H]1CCC[C@H](F)C1. The van der Waals surface area contributed by atoms with E-state index >= 15 is 0 Å². The van der Waals surface area contributed by atoms with E-state index in [0.29, 0.717) is 12.1 Å². The Morgan fingerprint density at radius 2 is 2.09 bits per heavy atom. The van der Waals surface area contributed by atoms with Gasteiger partial charge in [0, 0.05) is 12.1 Å². The van der Waals surface area contributed by atoms with Gasteiger partial charge < -0.3 is 5.32 Å². The fourth-order valence-corrected chi connectivity index (χ4v) is 1.75. The molecule has 0 unspecified atom stereocenters. The van der Waals surface area contributed by atoms with Crippen LogP contribution < -0.4 is 5.32 Å². The zero-order chi connectivity index (χ0) is 8.27. The maximum absolute atomic E-state index is 12.8. The zero-order valence-corrected chi connectivity index (χ0v) is 7.44. The maximum atomic E-state index is 12.8. The van der Waals surface area contributed by atoms with Crippen LogP contribution in [0.25, 0.3) is 0 Å². The van der Waals surface area contributed by atoms with Gasteiger partial charge in [0.05, 0.1) is 0 Å². The number of rotatable bonds is 2. The second-order valence-electron chi connectivity index (χ2n) is 3.78. The van der Waals surface area contributed by atoms with E-state index < -0.39 is 6.17 Å². The maximum Gasteiger partial charge on any atom is 0.102 e. The smallest absolute Gasteiger partial charge is 0.102 e. The summed E-state index contributed by atoms with van der Waals surface area (Å²) in [5.41, 5.74) is 0. The largest absolute Gasteiger partial charge is 0.312 e. The standard InChI is InChI=1S/C9H18FN/c1-7(2)11-9-5-3-4-8(10)6-9/h7-9,11H,3-6H2,1-2H3/t8-,9-/m0/s1. The van der Waals surface area contributed by atoms with Crippen molar-refractivity contribution in [2.24, 2.45) is 0 Å². The highest BCUT2D eigenvalue weighted by atomic mass is 19.1. The Morgan fingerprint density at radius 1 is 1.36 bits per heavy atom. The first-order valence-electron chi connectivity index (χ1n) is 4.58. The van der Waals surface area contributed by atoms with Gasteiger partial charge in [0.25, 0.3) is 0 Å². The Kier molecular flexibility index (Phi) is 3.31. The first kappa shape index (κ1) is 8.98. The van der Waals surface area contributed by atoms with E-state index in [1.54, 1.807) is 0 Å². The molecule has 66 valence electrons. The minimum absolute atomic E-state index is 0.429. The summed E-state index contributed by atoms with van der Waals surface area (Å²) in [6.45, 7) is 4.23. The average molecular weight is 159 g/mol. The van der Waals surface area contributed by atoms with Crippen LogP contribution in [-0.4, -0.2) is 18.3 Å². The molecule has 0 bridgehead atoms. The van der Waals surface area contributed by atoms with Gasteiger partial charge in [-0.25, -0.2) is 4.39 Å². The van der Waals surface area contributed by atoms with Gasteiger partial charge in [0.2, 0.25) is 0 Å². The van der Waals surface area contributed by atoms with Crippen LogP contribution in [0.1, 0.15) is 39.5 Å². The fourth-order valence-electron chi connectivity index (χ4n) is 1.75. The Balaban J connectivity index is 2.23. The normalized spacial score (nSPS) is 32.7. The molecule has 2 atom stereocenters. The Morgan fingerprint density at radius 3 is 2.64 bits per heavy atom. The minimum Gasteiger partial charge on any atom is -0.312 e. The lowest BCUT2D eigenvalue weighted by Gasteiger charge is -2.27. The summed E-state index contributed by atoms with van der Waals surface area (Å²) in [5.74, 6) is 0. The Labute approximate surface area is 68.4 Å². The van der Waals surface area contributed by atoms with Gasteiger partial charge in [-0.1, -0.05) is 13.8 Å². The summed E-state index contributed by atoms with van der Waals surface area (Å²) in [5, 5.41) is 3.37. The second kappa shape index (κ2) is 4.05. The van der Waals surface area contributed by atoms with E-state index in [2.05, 4.69) is 19.2 Å². The highest BCUT2D eigenvalue weighted by molar-refractivity contribution is 4.78. The second-order valence-corrected chi connectivity index (χ2v) is 3.78. The molecule has 1 fully saturated rings. The highest BCUT2D eigenvalue weighted by Crippen LogP contribution is 2.21. The quantitative estimate of drug-likeness (QED) is 0.651. The van der Waals surface area contributed by atoms with Gasteiger partial charge in [-0.15, -0.1) is 0 Å². The van der Waals surface area contributed by atoms with E-state index in [9.17, 15) is 4.39 Å². The first-order valence-corrected chi connectivity index (χ1v) is 4.58. The molecule has 0 aromatic rings. The van der Waals surface area contributed by atoms with Gasteiger partial charge >= 0.3 is 0 Å². The van der Waals surface area contributed by atoms with Gasteiger partial charge in [-0.05, 0) is 25.7 Å². The third-order valence-electron chi connectivity index (χ3n) is 2.18. The highest BCUT2D eigenvalue weighted by Gasteiger charge is 2.21. The predicted octanol–water partition coefficient (Wildman–Crippen LogP) is 2.27. The number of alkyl halides is 1. The van der Waals surface area contributed by atoms with Crippen molar-refractivity contribution in [3.05, 3.63) is 0 Å². The molecular weight excluding hydrogens is 141 g/mol. The summed E-state index contributed by atoms with van der Waals surface area (Å²) in [4.78, 5) is 0.